The van der Waals surface area contributed by atoms with Crippen LogP contribution >= 0.6 is 0 Å². The molecule has 1 saturated heterocycles. The molecule has 4 amide bonds. The largest absolute Gasteiger partial charge is 0.497 e. The number of primary amides is 1. The van der Waals surface area contributed by atoms with Crippen molar-refractivity contribution < 1.29 is 19.1 Å². The van der Waals surface area contributed by atoms with E-state index in [1.54, 1.807) is 24.3 Å². The van der Waals surface area contributed by atoms with E-state index < -0.39 is 11.9 Å². The van der Waals surface area contributed by atoms with Gasteiger partial charge in [0.2, 0.25) is 5.91 Å². The van der Waals surface area contributed by atoms with Crippen LogP contribution in [-0.4, -0.2) is 42.9 Å². The highest BCUT2D eigenvalue weighted by atomic mass is 16.5. The third-order valence-electron chi connectivity index (χ3n) is 3.76. The number of amides is 4. The van der Waals surface area contributed by atoms with Gasteiger partial charge in [0.1, 0.15) is 5.75 Å². The van der Waals surface area contributed by atoms with E-state index in [0.717, 1.165) is 0 Å². The molecule has 7 nitrogen and oxygen atoms in total. The third kappa shape index (κ3) is 3.75. The zero-order valence-corrected chi connectivity index (χ0v) is 12.4. The Morgan fingerprint density at radius 2 is 1.77 bits per heavy atom. The molecule has 1 heterocycles. The van der Waals surface area contributed by atoms with Gasteiger partial charge in [-0.25, -0.2) is 4.79 Å². The van der Waals surface area contributed by atoms with Crippen LogP contribution in [0.3, 0.4) is 0 Å². The average molecular weight is 305 g/mol. The van der Waals surface area contributed by atoms with Crippen LogP contribution in [0, 0.1) is 5.92 Å². The van der Waals surface area contributed by atoms with Crippen LogP contribution in [0.4, 0.5) is 4.79 Å². The Kier molecular flexibility index (Phi) is 4.98. The molecule has 22 heavy (non-hydrogen) atoms. The van der Waals surface area contributed by atoms with Crippen molar-refractivity contribution in [3.05, 3.63) is 29.8 Å². The molecule has 0 radical (unpaired) electrons. The van der Waals surface area contributed by atoms with E-state index in [1.807, 2.05) is 0 Å². The van der Waals surface area contributed by atoms with Crippen molar-refractivity contribution in [3.8, 4) is 5.75 Å². The number of nitrogens with zero attached hydrogens (tertiary/aromatic N) is 1. The van der Waals surface area contributed by atoms with Crippen LogP contribution < -0.4 is 15.8 Å². The normalized spacial score (nSPS) is 15.2. The van der Waals surface area contributed by atoms with Crippen molar-refractivity contribution in [1.82, 2.24) is 10.2 Å². The molecule has 0 saturated carbocycles. The Bertz CT molecular complexity index is 563. The van der Waals surface area contributed by atoms with Crippen LogP contribution in [0.1, 0.15) is 23.2 Å². The summed E-state index contributed by atoms with van der Waals surface area (Å²) in [4.78, 5) is 36.6. The summed E-state index contributed by atoms with van der Waals surface area (Å²) in [5.41, 5.74) is 5.62. The van der Waals surface area contributed by atoms with E-state index in [-0.39, 0.29) is 11.8 Å². The second kappa shape index (κ2) is 6.93. The lowest BCUT2D eigenvalue weighted by atomic mass is 9.96. The molecule has 2 rings (SSSR count). The molecule has 0 bridgehead atoms. The maximum Gasteiger partial charge on any atom is 0.324 e. The first kappa shape index (κ1) is 15.8. The Hall–Kier alpha value is -2.57. The van der Waals surface area contributed by atoms with Gasteiger partial charge in [-0.15, -0.1) is 0 Å². The molecule has 1 fully saturated rings. The van der Waals surface area contributed by atoms with Gasteiger partial charge >= 0.3 is 6.03 Å². The van der Waals surface area contributed by atoms with Gasteiger partial charge in [-0.1, -0.05) is 0 Å². The number of ether oxygens (including phenoxy) is 1. The number of nitrogens with two attached hydrogens (primary N) is 1. The van der Waals surface area contributed by atoms with Crippen molar-refractivity contribution in [2.24, 2.45) is 11.7 Å². The fourth-order valence-electron chi connectivity index (χ4n) is 2.36. The number of carbonyl (C=O) groups is 3. The van der Waals surface area contributed by atoms with Gasteiger partial charge in [-0.05, 0) is 37.1 Å². The van der Waals surface area contributed by atoms with E-state index in [9.17, 15) is 14.4 Å². The Balaban J connectivity index is 1.88. The molecule has 0 unspecified atom stereocenters. The highest BCUT2D eigenvalue weighted by Gasteiger charge is 2.26. The molecule has 0 spiro atoms. The molecule has 0 atom stereocenters. The maximum atomic E-state index is 12.0. The smallest absolute Gasteiger partial charge is 0.324 e. The summed E-state index contributed by atoms with van der Waals surface area (Å²) < 4.78 is 5.01. The van der Waals surface area contributed by atoms with Gasteiger partial charge < -0.3 is 15.4 Å². The van der Waals surface area contributed by atoms with Gasteiger partial charge in [0.05, 0.1) is 7.11 Å². The predicted molar refractivity (Wildman–Crippen MR) is 79.3 cm³/mol. The van der Waals surface area contributed by atoms with E-state index in [1.165, 1.54) is 12.0 Å². The first-order valence-electron chi connectivity index (χ1n) is 7.05. The Morgan fingerprint density at radius 1 is 1.18 bits per heavy atom. The summed E-state index contributed by atoms with van der Waals surface area (Å²) in [5, 5.41) is 2.34. The molecule has 1 aromatic carbocycles. The number of nitrogens with one attached hydrogen (secondary N) is 1. The lowest BCUT2D eigenvalue weighted by Gasteiger charge is -2.30. The Labute approximate surface area is 128 Å². The monoisotopic (exact) mass is 305 g/mol. The number of hydrogen-bond acceptors (Lipinski definition) is 4. The van der Waals surface area contributed by atoms with Gasteiger partial charge in [-0.3, -0.25) is 14.9 Å². The maximum absolute atomic E-state index is 12.0. The first-order valence-corrected chi connectivity index (χ1v) is 7.05. The van der Waals surface area contributed by atoms with Gasteiger partial charge in [0.15, 0.2) is 0 Å². The predicted octanol–water partition coefficient (Wildman–Crippen LogP) is 0.742. The van der Waals surface area contributed by atoms with Crippen molar-refractivity contribution in [3.63, 3.8) is 0 Å². The number of urea groups is 1. The Morgan fingerprint density at radius 3 is 2.27 bits per heavy atom. The number of benzene rings is 1. The highest BCUT2D eigenvalue weighted by Crippen LogP contribution is 2.17. The molecular weight excluding hydrogens is 286 g/mol. The summed E-state index contributed by atoms with van der Waals surface area (Å²) in [6, 6.07) is 6.01. The summed E-state index contributed by atoms with van der Waals surface area (Å²) in [5.74, 6) is -0.364. The molecule has 118 valence electrons. The van der Waals surface area contributed by atoms with Crippen LogP contribution in [0.2, 0.25) is 0 Å². The van der Waals surface area contributed by atoms with Gasteiger partial charge in [0, 0.05) is 24.6 Å². The number of piperidine rings is 1. The van der Waals surface area contributed by atoms with Crippen LogP contribution in [0.25, 0.3) is 0 Å². The van der Waals surface area contributed by atoms with E-state index in [0.29, 0.717) is 37.2 Å². The standard InChI is InChI=1S/C15H19N3O4/c1-22-12-4-2-11(3-5-12)14(20)17-15(21)18-8-6-10(7-9-18)13(16)19/h2-5,10H,6-9H2,1H3,(H2,16,19)(H,17,20,21). The number of hydrogen-bond donors (Lipinski definition) is 2. The van der Waals surface area contributed by atoms with E-state index in [4.69, 9.17) is 10.5 Å². The fourth-order valence-corrected chi connectivity index (χ4v) is 2.36. The van der Waals surface area contributed by atoms with Crippen LogP contribution in [0.5, 0.6) is 5.75 Å². The van der Waals surface area contributed by atoms with Crippen molar-refractivity contribution in [2.75, 3.05) is 20.2 Å². The number of likely N-dealkylation sites (tertiary alicyclic amines) is 1. The lowest BCUT2D eigenvalue weighted by molar-refractivity contribution is -0.123. The molecular formula is C15H19N3O4. The van der Waals surface area contributed by atoms with E-state index in [2.05, 4.69) is 5.32 Å². The number of carbonyl (C=O) groups excluding carboxylic acids is 3. The first-order chi connectivity index (χ1) is 10.5. The quantitative estimate of drug-likeness (QED) is 0.860. The second-order valence-corrected chi connectivity index (χ2v) is 5.15. The zero-order valence-electron chi connectivity index (χ0n) is 12.4. The minimum Gasteiger partial charge on any atom is -0.497 e. The second-order valence-electron chi connectivity index (χ2n) is 5.15. The fraction of sp³-hybridized carbons (Fsp3) is 0.400. The molecule has 0 aromatic heterocycles. The van der Waals surface area contributed by atoms with Crippen LogP contribution in [0.15, 0.2) is 24.3 Å². The third-order valence-corrected chi connectivity index (χ3v) is 3.76. The average Bonchev–Trinajstić information content (AvgIpc) is 2.54. The van der Waals surface area contributed by atoms with Crippen molar-refractivity contribution in [1.29, 1.82) is 0 Å². The van der Waals surface area contributed by atoms with E-state index >= 15 is 0 Å². The highest BCUT2D eigenvalue weighted by molar-refractivity contribution is 6.04. The SMILES string of the molecule is COc1ccc(C(=O)NC(=O)N2CCC(C(N)=O)CC2)cc1. The summed E-state index contributed by atoms with van der Waals surface area (Å²) in [6.45, 7) is 0.824. The van der Waals surface area contributed by atoms with Crippen LogP contribution in [-0.2, 0) is 4.79 Å². The topological polar surface area (TPSA) is 102 Å². The summed E-state index contributed by atoms with van der Waals surface area (Å²) in [6.07, 6.45) is 1.05. The number of rotatable bonds is 3. The van der Waals surface area contributed by atoms with Crippen molar-refractivity contribution in [2.45, 2.75) is 12.8 Å². The van der Waals surface area contributed by atoms with Gasteiger partial charge in [0.25, 0.3) is 5.91 Å². The molecule has 1 aliphatic heterocycles. The summed E-state index contributed by atoms with van der Waals surface area (Å²) >= 11 is 0. The minimum atomic E-state index is -0.468. The lowest BCUT2D eigenvalue weighted by Crippen LogP contribution is -2.47. The molecule has 3 N–H and O–H groups in total. The molecule has 0 aliphatic carbocycles. The summed E-state index contributed by atoms with van der Waals surface area (Å²) in [7, 11) is 1.54. The zero-order chi connectivity index (χ0) is 16.1. The number of methoxy groups -OCH3 is 1. The van der Waals surface area contributed by atoms with Crippen molar-refractivity contribution >= 4 is 17.8 Å². The molecule has 1 aliphatic rings. The van der Waals surface area contributed by atoms with Gasteiger partial charge in [-0.2, -0.15) is 0 Å². The molecule has 1 aromatic rings. The molecule has 7 heteroatoms. The number of imide groups is 1. The minimum absolute atomic E-state index is 0.193.